The molecule has 0 unspecified atom stereocenters. The molecule has 13 heteroatoms. The van der Waals surface area contributed by atoms with Gasteiger partial charge in [0.25, 0.3) is 0 Å². The van der Waals surface area contributed by atoms with Gasteiger partial charge in [-0.1, -0.05) is 0 Å². The first-order valence-electron chi connectivity index (χ1n) is 8.25. The van der Waals surface area contributed by atoms with Crippen LogP contribution < -0.4 is 5.16 Å². The number of carbonyl (C=O) groups is 1. The van der Waals surface area contributed by atoms with Gasteiger partial charge in [0.2, 0.25) is 17.4 Å². The Morgan fingerprint density at radius 1 is 1.10 bits per heavy atom. The van der Waals surface area contributed by atoms with Crippen LogP contribution in [0, 0.1) is 17.5 Å². The molecule has 1 amide bonds. The van der Waals surface area contributed by atoms with Crippen molar-refractivity contribution in [1.82, 2.24) is 19.7 Å². The average molecular weight is 422 g/mol. The number of hydrogen-bond acceptors (Lipinski definition) is 4. The number of alkyl halides is 3. The standard InChI is InChI=1S/C16H13F6N5O2/c17-10-6-12(19)11(18)4-8(10)3-9(25-29)5-14(28)26-1-2-27-13(7-26)23-24-15(27)16(20,21)22/h4,6,29H,1-3,5,7H2/p+1. The highest BCUT2D eigenvalue weighted by molar-refractivity contribution is 5.99. The first-order valence-corrected chi connectivity index (χ1v) is 8.25. The zero-order valence-corrected chi connectivity index (χ0v) is 14.6. The fourth-order valence-electron chi connectivity index (χ4n) is 2.95. The molecule has 1 aliphatic heterocycles. The predicted molar refractivity (Wildman–Crippen MR) is 82.8 cm³/mol. The molecule has 0 radical (unpaired) electrons. The van der Waals surface area contributed by atoms with Gasteiger partial charge in [-0.05, 0) is 11.2 Å². The number of nitrogens with one attached hydrogen (secondary N) is 1. The van der Waals surface area contributed by atoms with Crippen LogP contribution in [0.2, 0.25) is 0 Å². The molecule has 156 valence electrons. The van der Waals surface area contributed by atoms with Crippen LogP contribution in [0.5, 0.6) is 0 Å². The lowest BCUT2D eigenvalue weighted by atomic mass is 10.0. The van der Waals surface area contributed by atoms with Gasteiger partial charge < -0.3 is 9.47 Å². The second kappa shape index (κ2) is 7.72. The monoisotopic (exact) mass is 422 g/mol. The SMILES string of the molecule is O=C(CC(Cc1cc(F)c(F)cc1F)=[NH+]O)N1CCn2c(nnc2C(F)(F)F)C1. The first kappa shape index (κ1) is 20.6. The fourth-order valence-corrected chi connectivity index (χ4v) is 2.95. The molecule has 2 heterocycles. The molecule has 3 rings (SSSR count). The summed E-state index contributed by atoms with van der Waals surface area (Å²) in [5, 5.41) is 17.5. The van der Waals surface area contributed by atoms with Gasteiger partial charge in [-0.15, -0.1) is 10.2 Å². The first-order chi connectivity index (χ1) is 13.6. The van der Waals surface area contributed by atoms with E-state index in [1.54, 1.807) is 5.16 Å². The maximum absolute atomic E-state index is 13.7. The van der Waals surface area contributed by atoms with Crippen molar-refractivity contribution in [2.45, 2.75) is 32.1 Å². The molecule has 0 saturated carbocycles. The van der Waals surface area contributed by atoms with Crippen LogP contribution in [0.15, 0.2) is 12.1 Å². The maximum atomic E-state index is 13.7. The second-order valence-corrected chi connectivity index (χ2v) is 6.33. The molecule has 29 heavy (non-hydrogen) atoms. The molecule has 2 N–H and O–H groups in total. The summed E-state index contributed by atoms with van der Waals surface area (Å²) in [7, 11) is 0. The van der Waals surface area contributed by atoms with E-state index in [1.165, 1.54) is 4.90 Å². The van der Waals surface area contributed by atoms with Crippen LogP contribution in [0.1, 0.15) is 23.6 Å². The molecule has 1 aromatic heterocycles. The van der Waals surface area contributed by atoms with Crippen LogP contribution in [0.3, 0.4) is 0 Å². The predicted octanol–water partition coefficient (Wildman–Crippen LogP) is 0.600. The summed E-state index contributed by atoms with van der Waals surface area (Å²) in [5.41, 5.74) is -0.399. The number of halogens is 6. The van der Waals surface area contributed by atoms with Crippen molar-refractivity contribution >= 4 is 11.6 Å². The Balaban J connectivity index is 1.68. The normalized spacial score (nSPS) is 14.8. The number of fused-ring (bicyclic) bond motifs is 1. The second-order valence-electron chi connectivity index (χ2n) is 6.33. The lowest BCUT2D eigenvalue weighted by molar-refractivity contribution is -0.738. The minimum atomic E-state index is -4.67. The Kier molecular flexibility index (Phi) is 5.48. The van der Waals surface area contributed by atoms with Gasteiger partial charge in [-0.25, -0.2) is 13.2 Å². The Labute approximate surface area is 159 Å². The van der Waals surface area contributed by atoms with Gasteiger partial charge in [-0.2, -0.15) is 13.2 Å². The third-order valence-corrected chi connectivity index (χ3v) is 4.38. The molecule has 7 nitrogen and oxygen atoms in total. The molecule has 0 fully saturated rings. The topological polar surface area (TPSA) is 85.2 Å². The van der Waals surface area contributed by atoms with E-state index in [9.17, 15) is 36.3 Å². The summed E-state index contributed by atoms with van der Waals surface area (Å²) >= 11 is 0. The van der Waals surface area contributed by atoms with Gasteiger partial charge in [0.05, 0.1) is 13.0 Å². The highest BCUT2D eigenvalue weighted by atomic mass is 19.4. The van der Waals surface area contributed by atoms with E-state index in [-0.39, 0.29) is 36.7 Å². The number of hydrogen-bond donors (Lipinski definition) is 2. The molecule has 1 aliphatic rings. The van der Waals surface area contributed by atoms with Gasteiger partial charge in [0.1, 0.15) is 12.2 Å². The van der Waals surface area contributed by atoms with E-state index >= 15 is 0 Å². The van der Waals surface area contributed by atoms with Crippen LogP contribution in [-0.2, 0) is 30.5 Å². The van der Waals surface area contributed by atoms with Crippen molar-refractivity contribution in [3.05, 3.63) is 46.8 Å². The number of carbonyl (C=O) groups excluding carboxylic acids is 1. The minimum absolute atomic E-state index is 0.0536. The van der Waals surface area contributed by atoms with Crippen molar-refractivity contribution in [3.8, 4) is 0 Å². The van der Waals surface area contributed by atoms with Crippen molar-refractivity contribution < 1.29 is 41.5 Å². The lowest BCUT2D eigenvalue weighted by Gasteiger charge is -2.27. The number of amides is 1. The lowest BCUT2D eigenvalue weighted by Crippen LogP contribution is -2.70. The number of nitrogens with zero attached hydrogens (tertiary/aromatic N) is 4. The van der Waals surface area contributed by atoms with E-state index in [2.05, 4.69) is 10.2 Å². The van der Waals surface area contributed by atoms with Crippen molar-refractivity contribution in [2.24, 2.45) is 0 Å². The van der Waals surface area contributed by atoms with E-state index in [4.69, 9.17) is 0 Å². The van der Waals surface area contributed by atoms with Gasteiger partial charge >= 0.3 is 6.18 Å². The third-order valence-electron chi connectivity index (χ3n) is 4.38. The fraction of sp³-hybridized carbons (Fsp3) is 0.375. The molecule has 0 saturated heterocycles. The molecular weight excluding hydrogens is 408 g/mol. The van der Waals surface area contributed by atoms with Crippen molar-refractivity contribution in [1.29, 1.82) is 0 Å². The minimum Gasteiger partial charge on any atom is -0.333 e. The van der Waals surface area contributed by atoms with E-state index < -0.39 is 48.2 Å². The van der Waals surface area contributed by atoms with Crippen LogP contribution in [-0.4, -0.2) is 43.0 Å². The van der Waals surface area contributed by atoms with Crippen LogP contribution >= 0.6 is 0 Å². The molecule has 0 aliphatic carbocycles. The molecule has 1 aromatic carbocycles. The van der Waals surface area contributed by atoms with Gasteiger partial charge in [0.15, 0.2) is 17.5 Å². The Bertz CT molecular complexity index is 971. The summed E-state index contributed by atoms with van der Waals surface area (Å²) in [4.78, 5) is 13.6. The Morgan fingerprint density at radius 3 is 2.45 bits per heavy atom. The average Bonchev–Trinajstić information content (AvgIpc) is 3.08. The summed E-state index contributed by atoms with van der Waals surface area (Å²) in [6.07, 6.45) is -5.53. The smallest absolute Gasteiger partial charge is 0.333 e. The van der Waals surface area contributed by atoms with Crippen LogP contribution in [0.4, 0.5) is 26.3 Å². The summed E-state index contributed by atoms with van der Waals surface area (Å²) in [6.45, 7) is -0.478. The highest BCUT2D eigenvalue weighted by Gasteiger charge is 2.40. The van der Waals surface area contributed by atoms with Gasteiger partial charge in [0, 0.05) is 24.7 Å². The van der Waals surface area contributed by atoms with E-state index in [0.717, 1.165) is 4.57 Å². The summed E-state index contributed by atoms with van der Waals surface area (Å²) in [5.74, 6) is -5.53. The zero-order chi connectivity index (χ0) is 21.3. The Morgan fingerprint density at radius 2 is 1.79 bits per heavy atom. The number of aromatic nitrogens is 3. The maximum Gasteiger partial charge on any atom is 0.451 e. The van der Waals surface area contributed by atoms with Gasteiger partial charge in [-0.3, -0.25) is 10.0 Å². The quantitative estimate of drug-likeness (QED) is 0.249. The molecular formula is C16H14F6N5O2+. The summed E-state index contributed by atoms with van der Waals surface area (Å²) in [6, 6.07) is 0.950. The Hall–Kier alpha value is -3.12. The zero-order valence-electron chi connectivity index (χ0n) is 14.6. The molecule has 0 bridgehead atoms. The summed E-state index contributed by atoms with van der Waals surface area (Å²) < 4.78 is 79.5. The number of rotatable bonds is 4. The molecule has 2 aromatic rings. The molecule has 0 atom stereocenters. The van der Waals surface area contributed by atoms with E-state index in [0.29, 0.717) is 12.1 Å². The largest absolute Gasteiger partial charge is 0.451 e. The highest BCUT2D eigenvalue weighted by Crippen LogP contribution is 2.29. The van der Waals surface area contributed by atoms with Crippen LogP contribution in [0.25, 0.3) is 0 Å². The number of benzene rings is 1. The van der Waals surface area contributed by atoms with Crippen molar-refractivity contribution in [3.63, 3.8) is 0 Å². The third kappa shape index (κ3) is 4.32. The molecule has 0 spiro atoms. The van der Waals surface area contributed by atoms with Crippen molar-refractivity contribution in [2.75, 3.05) is 6.54 Å². The van der Waals surface area contributed by atoms with E-state index in [1.807, 2.05) is 0 Å².